The SMILES string of the molecule is O=C(O)c1nnc(CCOCC(F)(F)F)o1. The molecule has 0 atom stereocenters. The second-order valence-electron chi connectivity index (χ2n) is 2.72. The molecule has 0 bridgehead atoms. The van der Waals surface area contributed by atoms with Crippen molar-refractivity contribution in [3.05, 3.63) is 11.8 Å². The molecular formula is C7H7F3N2O4. The van der Waals surface area contributed by atoms with Crippen molar-refractivity contribution in [2.75, 3.05) is 13.2 Å². The Morgan fingerprint density at radius 2 is 2.12 bits per heavy atom. The Balaban J connectivity index is 2.30. The van der Waals surface area contributed by atoms with Gasteiger partial charge in [-0.1, -0.05) is 0 Å². The van der Waals surface area contributed by atoms with Crippen molar-refractivity contribution in [1.29, 1.82) is 0 Å². The lowest BCUT2D eigenvalue weighted by molar-refractivity contribution is -0.173. The van der Waals surface area contributed by atoms with Crippen LogP contribution in [-0.2, 0) is 11.2 Å². The molecule has 0 radical (unpaired) electrons. The maximum absolute atomic E-state index is 11.6. The van der Waals surface area contributed by atoms with Gasteiger partial charge in [0, 0.05) is 6.42 Å². The van der Waals surface area contributed by atoms with E-state index in [4.69, 9.17) is 5.11 Å². The van der Waals surface area contributed by atoms with E-state index < -0.39 is 24.6 Å². The summed E-state index contributed by atoms with van der Waals surface area (Å²) in [5, 5.41) is 14.9. The summed E-state index contributed by atoms with van der Waals surface area (Å²) < 4.78 is 43.8. The van der Waals surface area contributed by atoms with E-state index in [1.807, 2.05) is 0 Å². The summed E-state index contributed by atoms with van der Waals surface area (Å²) in [7, 11) is 0. The highest BCUT2D eigenvalue weighted by Crippen LogP contribution is 2.14. The number of nitrogens with zero attached hydrogens (tertiary/aromatic N) is 2. The fraction of sp³-hybridized carbons (Fsp3) is 0.571. The Bertz CT molecular complexity index is 363. The molecule has 1 aromatic rings. The van der Waals surface area contributed by atoms with Gasteiger partial charge in [-0.2, -0.15) is 13.2 Å². The van der Waals surface area contributed by atoms with E-state index in [0.29, 0.717) is 0 Å². The van der Waals surface area contributed by atoms with Crippen molar-refractivity contribution in [2.45, 2.75) is 12.6 Å². The van der Waals surface area contributed by atoms with Crippen molar-refractivity contribution >= 4 is 5.97 Å². The molecule has 0 fully saturated rings. The first-order valence-corrected chi connectivity index (χ1v) is 4.08. The molecule has 0 saturated heterocycles. The summed E-state index contributed by atoms with van der Waals surface area (Å²) in [5.41, 5.74) is 0. The van der Waals surface area contributed by atoms with Crippen LogP contribution in [0.5, 0.6) is 0 Å². The van der Waals surface area contributed by atoms with Crippen molar-refractivity contribution < 1.29 is 32.2 Å². The zero-order valence-corrected chi connectivity index (χ0v) is 7.82. The number of aromatic nitrogens is 2. The fourth-order valence-electron chi connectivity index (χ4n) is 0.788. The first-order valence-electron chi connectivity index (χ1n) is 4.08. The monoisotopic (exact) mass is 240 g/mol. The number of rotatable bonds is 5. The molecule has 16 heavy (non-hydrogen) atoms. The maximum Gasteiger partial charge on any atom is 0.411 e. The maximum atomic E-state index is 11.6. The molecule has 0 spiro atoms. The lowest BCUT2D eigenvalue weighted by Gasteiger charge is -2.05. The Hall–Kier alpha value is -1.64. The fourth-order valence-corrected chi connectivity index (χ4v) is 0.788. The highest BCUT2D eigenvalue weighted by molar-refractivity contribution is 5.81. The normalized spacial score (nSPS) is 11.7. The summed E-state index contributed by atoms with van der Waals surface area (Å²) in [6, 6.07) is 0. The van der Waals surface area contributed by atoms with Gasteiger partial charge in [-0.25, -0.2) is 4.79 Å². The molecular weight excluding hydrogens is 233 g/mol. The minimum atomic E-state index is -4.39. The summed E-state index contributed by atoms with van der Waals surface area (Å²) in [4.78, 5) is 10.3. The van der Waals surface area contributed by atoms with Gasteiger partial charge in [0.1, 0.15) is 6.61 Å². The van der Waals surface area contributed by atoms with Gasteiger partial charge in [-0.15, -0.1) is 10.2 Å². The van der Waals surface area contributed by atoms with Gasteiger partial charge in [0.05, 0.1) is 6.61 Å². The standard InChI is InChI=1S/C7H7F3N2O4/c8-7(9,10)3-15-2-1-4-11-12-5(16-4)6(13)14/h1-3H2,(H,13,14). The molecule has 6 nitrogen and oxygen atoms in total. The predicted molar refractivity (Wildman–Crippen MR) is 41.8 cm³/mol. The smallest absolute Gasteiger partial charge is 0.411 e. The number of carboxylic acids is 1. The number of aromatic carboxylic acids is 1. The molecule has 0 saturated carbocycles. The van der Waals surface area contributed by atoms with E-state index >= 15 is 0 Å². The van der Waals surface area contributed by atoms with Crippen LogP contribution < -0.4 is 0 Å². The van der Waals surface area contributed by atoms with Crippen molar-refractivity contribution in [2.24, 2.45) is 0 Å². The highest BCUT2D eigenvalue weighted by Gasteiger charge is 2.27. The van der Waals surface area contributed by atoms with E-state index in [-0.39, 0.29) is 18.9 Å². The first-order chi connectivity index (χ1) is 7.38. The van der Waals surface area contributed by atoms with E-state index in [1.54, 1.807) is 0 Å². The third-order valence-electron chi connectivity index (χ3n) is 1.38. The number of alkyl halides is 3. The number of carboxylic acid groups (broad SMARTS) is 1. The molecule has 1 rings (SSSR count). The van der Waals surface area contributed by atoms with E-state index in [0.717, 1.165) is 0 Å². The zero-order valence-electron chi connectivity index (χ0n) is 7.82. The molecule has 0 aromatic carbocycles. The topological polar surface area (TPSA) is 85.5 Å². The minimum Gasteiger partial charge on any atom is -0.474 e. The van der Waals surface area contributed by atoms with Crippen molar-refractivity contribution in [3.63, 3.8) is 0 Å². The Kier molecular flexibility index (Phi) is 3.82. The van der Waals surface area contributed by atoms with Gasteiger partial charge in [0.2, 0.25) is 5.89 Å². The van der Waals surface area contributed by atoms with Crippen molar-refractivity contribution in [1.82, 2.24) is 10.2 Å². The predicted octanol–water partition coefficient (Wildman–Crippen LogP) is 0.889. The number of carbonyl (C=O) groups is 1. The van der Waals surface area contributed by atoms with Crippen LogP contribution >= 0.6 is 0 Å². The van der Waals surface area contributed by atoms with Crippen LogP contribution in [0.3, 0.4) is 0 Å². The summed E-state index contributed by atoms with van der Waals surface area (Å²) >= 11 is 0. The summed E-state index contributed by atoms with van der Waals surface area (Å²) in [6.07, 6.45) is -4.46. The molecule has 90 valence electrons. The average molecular weight is 240 g/mol. The van der Waals surface area contributed by atoms with Gasteiger partial charge in [-0.3, -0.25) is 0 Å². The van der Waals surface area contributed by atoms with Crippen LogP contribution in [0.25, 0.3) is 0 Å². The quantitative estimate of drug-likeness (QED) is 0.769. The molecule has 0 aliphatic heterocycles. The minimum absolute atomic E-state index is 0.0731. The Morgan fingerprint density at radius 3 is 2.62 bits per heavy atom. The van der Waals surface area contributed by atoms with Crippen LogP contribution in [-0.4, -0.2) is 40.7 Å². The van der Waals surface area contributed by atoms with Crippen LogP contribution in [0.15, 0.2) is 4.42 Å². The van der Waals surface area contributed by atoms with Gasteiger partial charge in [0.25, 0.3) is 0 Å². The van der Waals surface area contributed by atoms with E-state index in [1.165, 1.54) is 0 Å². The molecule has 1 aromatic heterocycles. The number of ether oxygens (including phenoxy) is 1. The Labute approximate surface area is 87.0 Å². The molecule has 1 heterocycles. The van der Waals surface area contributed by atoms with Crippen LogP contribution in [0, 0.1) is 0 Å². The van der Waals surface area contributed by atoms with Gasteiger partial charge < -0.3 is 14.3 Å². The van der Waals surface area contributed by atoms with Gasteiger partial charge >= 0.3 is 18.0 Å². The largest absolute Gasteiger partial charge is 0.474 e. The van der Waals surface area contributed by atoms with E-state index in [9.17, 15) is 18.0 Å². The summed E-state index contributed by atoms with van der Waals surface area (Å²) in [6.45, 7) is -1.65. The van der Waals surface area contributed by atoms with Crippen LogP contribution in [0.2, 0.25) is 0 Å². The first kappa shape index (κ1) is 12.4. The highest BCUT2D eigenvalue weighted by atomic mass is 19.4. The molecule has 0 amide bonds. The third kappa shape index (κ3) is 4.26. The molecule has 0 unspecified atom stereocenters. The van der Waals surface area contributed by atoms with Crippen molar-refractivity contribution in [3.8, 4) is 0 Å². The van der Waals surface area contributed by atoms with Gasteiger partial charge in [-0.05, 0) is 0 Å². The molecule has 0 aliphatic rings. The lowest BCUT2D eigenvalue weighted by atomic mass is 10.4. The number of hydrogen-bond donors (Lipinski definition) is 1. The van der Waals surface area contributed by atoms with E-state index in [2.05, 4.69) is 19.4 Å². The lowest BCUT2D eigenvalue weighted by Crippen LogP contribution is -2.18. The third-order valence-corrected chi connectivity index (χ3v) is 1.38. The molecule has 1 N–H and O–H groups in total. The van der Waals surface area contributed by atoms with Crippen LogP contribution in [0.1, 0.15) is 16.6 Å². The average Bonchev–Trinajstić information content (AvgIpc) is 2.59. The zero-order chi connectivity index (χ0) is 12.2. The second-order valence-corrected chi connectivity index (χ2v) is 2.72. The van der Waals surface area contributed by atoms with Crippen LogP contribution in [0.4, 0.5) is 13.2 Å². The number of hydrogen-bond acceptors (Lipinski definition) is 5. The Morgan fingerprint density at radius 1 is 1.44 bits per heavy atom. The number of halogens is 3. The van der Waals surface area contributed by atoms with Gasteiger partial charge in [0.15, 0.2) is 0 Å². The molecule has 0 aliphatic carbocycles. The summed E-state index contributed by atoms with van der Waals surface area (Å²) in [5.74, 6) is -2.08. The molecule has 9 heteroatoms. The second kappa shape index (κ2) is 4.92.